The molecule has 1 aromatic carbocycles. The van der Waals surface area contributed by atoms with E-state index in [2.05, 4.69) is 9.97 Å². The van der Waals surface area contributed by atoms with Crippen molar-refractivity contribution < 1.29 is 4.79 Å². The molecule has 2 aromatic rings. The van der Waals surface area contributed by atoms with Gasteiger partial charge in [0.25, 0.3) is 5.91 Å². The number of nitriles is 1. The van der Waals surface area contributed by atoms with E-state index in [-0.39, 0.29) is 16.8 Å². The quantitative estimate of drug-likeness (QED) is 0.841. The Morgan fingerprint density at radius 2 is 2.16 bits per heavy atom. The molecule has 0 N–H and O–H groups in total. The van der Waals surface area contributed by atoms with E-state index in [1.165, 1.54) is 17.3 Å². The maximum absolute atomic E-state index is 12.2. The van der Waals surface area contributed by atoms with Gasteiger partial charge in [-0.1, -0.05) is 17.7 Å². The average molecular weight is 273 g/mol. The Hall–Kier alpha value is -2.45. The smallest absolute Gasteiger partial charge is 0.278 e. The lowest BCUT2D eigenvalue weighted by atomic mass is 10.2. The predicted octanol–water partition coefficient (Wildman–Crippen LogP) is 2.28. The van der Waals surface area contributed by atoms with Crippen molar-refractivity contribution in [2.45, 2.75) is 0 Å². The molecule has 0 aliphatic heterocycles. The minimum absolute atomic E-state index is 0.189. The highest BCUT2D eigenvalue weighted by Crippen LogP contribution is 2.16. The molecule has 0 radical (unpaired) electrons. The van der Waals surface area contributed by atoms with Gasteiger partial charge in [0, 0.05) is 12.7 Å². The fourth-order valence-corrected chi connectivity index (χ4v) is 1.59. The summed E-state index contributed by atoms with van der Waals surface area (Å²) in [6, 6.07) is 8.77. The monoisotopic (exact) mass is 272 g/mol. The van der Waals surface area contributed by atoms with E-state index in [0.717, 1.165) is 0 Å². The van der Waals surface area contributed by atoms with E-state index in [4.69, 9.17) is 16.9 Å². The number of benzene rings is 1. The molecule has 0 bridgehead atoms. The minimum Gasteiger partial charge on any atom is -0.310 e. The molecule has 94 valence electrons. The highest BCUT2D eigenvalue weighted by atomic mass is 35.5. The zero-order valence-electron chi connectivity index (χ0n) is 10.0. The van der Waals surface area contributed by atoms with Crippen molar-refractivity contribution in [3.05, 3.63) is 53.1 Å². The Kier molecular flexibility index (Phi) is 3.74. The van der Waals surface area contributed by atoms with Gasteiger partial charge in [-0.25, -0.2) is 9.97 Å². The third-order valence-electron chi connectivity index (χ3n) is 2.51. The first-order chi connectivity index (χ1) is 9.11. The van der Waals surface area contributed by atoms with E-state index < -0.39 is 0 Å². The number of aromatic nitrogens is 2. The fraction of sp³-hybridized carbons (Fsp3) is 0.0769. The van der Waals surface area contributed by atoms with Crippen LogP contribution in [0.2, 0.25) is 5.15 Å². The van der Waals surface area contributed by atoms with Crippen molar-refractivity contribution in [3.8, 4) is 6.07 Å². The third-order valence-corrected chi connectivity index (χ3v) is 2.70. The average Bonchev–Trinajstić information content (AvgIpc) is 2.46. The van der Waals surface area contributed by atoms with Crippen molar-refractivity contribution in [2.24, 2.45) is 0 Å². The molecule has 0 aliphatic rings. The van der Waals surface area contributed by atoms with E-state index in [0.29, 0.717) is 11.3 Å². The summed E-state index contributed by atoms with van der Waals surface area (Å²) in [7, 11) is 1.61. The van der Waals surface area contributed by atoms with Crippen LogP contribution in [0.1, 0.15) is 16.1 Å². The van der Waals surface area contributed by atoms with Gasteiger partial charge < -0.3 is 4.90 Å². The highest BCUT2D eigenvalue weighted by molar-refractivity contribution is 6.29. The van der Waals surface area contributed by atoms with Crippen LogP contribution >= 0.6 is 11.6 Å². The molecule has 1 heterocycles. The van der Waals surface area contributed by atoms with Crippen LogP contribution in [0.4, 0.5) is 5.69 Å². The van der Waals surface area contributed by atoms with Gasteiger partial charge >= 0.3 is 0 Å². The van der Waals surface area contributed by atoms with E-state index in [9.17, 15) is 4.79 Å². The molecule has 0 spiro atoms. The molecule has 0 atom stereocenters. The van der Waals surface area contributed by atoms with Gasteiger partial charge in [-0.15, -0.1) is 0 Å². The number of hydrogen-bond acceptors (Lipinski definition) is 4. The summed E-state index contributed by atoms with van der Waals surface area (Å²) in [6.45, 7) is 0. The van der Waals surface area contributed by atoms with Gasteiger partial charge in [0.1, 0.15) is 10.8 Å². The lowest BCUT2D eigenvalue weighted by Gasteiger charge is -2.16. The molecule has 0 fully saturated rings. The first-order valence-electron chi connectivity index (χ1n) is 5.37. The summed E-state index contributed by atoms with van der Waals surface area (Å²) >= 11 is 5.62. The van der Waals surface area contributed by atoms with Gasteiger partial charge in [0.2, 0.25) is 0 Å². The number of carbonyl (C=O) groups is 1. The molecule has 19 heavy (non-hydrogen) atoms. The second-order valence-corrected chi connectivity index (χ2v) is 4.14. The van der Waals surface area contributed by atoms with Crippen molar-refractivity contribution >= 4 is 23.2 Å². The molecular formula is C13H9ClN4O. The van der Waals surface area contributed by atoms with E-state index >= 15 is 0 Å². The number of rotatable bonds is 2. The maximum Gasteiger partial charge on any atom is 0.278 e. The number of nitrogens with zero attached hydrogens (tertiary/aromatic N) is 4. The Bertz CT molecular complexity index is 648. The summed E-state index contributed by atoms with van der Waals surface area (Å²) in [5.41, 5.74) is 1.29. The second kappa shape index (κ2) is 5.46. The summed E-state index contributed by atoms with van der Waals surface area (Å²) in [4.78, 5) is 21.3. The molecule has 0 saturated heterocycles. The van der Waals surface area contributed by atoms with Crippen LogP contribution < -0.4 is 4.90 Å². The Labute approximate surface area is 115 Å². The molecule has 0 aliphatic carbocycles. The molecular weight excluding hydrogens is 264 g/mol. The molecule has 2 rings (SSSR count). The van der Waals surface area contributed by atoms with Crippen molar-refractivity contribution in [2.75, 3.05) is 11.9 Å². The summed E-state index contributed by atoms with van der Waals surface area (Å²) < 4.78 is 0. The zero-order chi connectivity index (χ0) is 13.8. The van der Waals surface area contributed by atoms with Crippen LogP contribution in [0.15, 0.2) is 36.7 Å². The van der Waals surface area contributed by atoms with Crippen LogP contribution in [0, 0.1) is 11.3 Å². The Balaban J connectivity index is 2.28. The molecule has 5 nitrogen and oxygen atoms in total. The van der Waals surface area contributed by atoms with Crippen LogP contribution in [-0.2, 0) is 0 Å². The van der Waals surface area contributed by atoms with Gasteiger partial charge in [-0.05, 0) is 18.2 Å². The number of hydrogen-bond donors (Lipinski definition) is 0. The number of amides is 1. The van der Waals surface area contributed by atoms with Crippen LogP contribution in [0.3, 0.4) is 0 Å². The minimum atomic E-state index is -0.320. The predicted molar refractivity (Wildman–Crippen MR) is 70.9 cm³/mol. The first kappa shape index (κ1) is 13.0. The molecule has 0 saturated carbocycles. The lowest BCUT2D eigenvalue weighted by molar-refractivity contribution is 0.0988. The normalized spacial score (nSPS) is 9.74. The van der Waals surface area contributed by atoms with Gasteiger partial charge in [-0.2, -0.15) is 5.26 Å². The summed E-state index contributed by atoms with van der Waals surface area (Å²) in [5, 5.41) is 9.07. The zero-order valence-corrected chi connectivity index (χ0v) is 10.8. The lowest BCUT2D eigenvalue weighted by Crippen LogP contribution is -2.27. The largest absolute Gasteiger partial charge is 0.310 e. The third kappa shape index (κ3) is 2.87. The van der Waals surface area contributed by atoms with Crippen molar-refractivity contribution in [3.63, 3.8) is 0 Å². The molecule has 1 aromatic heterocycles. The van der Waals surface area contributed by atoms with Crippen LogP contribution in [0.5, 0.6) is 0 Å². The first-order valence-corrected chi connectivity index (χ1v) is 5.75. The van der Waals surface area contributed by atoms with Gasteiger partial charge in [-0.3, -0.25) is 4.79 Å². The van der Waals surface area contributed by atoms with Crippen molar-refractivity contribution in [1.82, 2.24) is 9.97 Å². The number of carbonyl (C=O) groups excluding carboxylic acids is 1. The molecule has 0 unspecified atom stereocenters. The maximum atomic E-state index is 12.2. The molecule has 6 heteroatoms. The molecule has 1 amide bonds. The van der Waals surface area contributed by atoms with E-state index in [1.54, 1.807) is 31.3 Å². The number of anilines is 1. The topological polar surface area (TPSA) is 69.9 Å². The standard InChI is InChI=1S/C13H9ClN4O/c1-18(10-4-2-3-9(5-10)6-15)13(19)11-7-17-12(14)8-16-11/h2-5,7-8H,1H3. The Morgan fingerprint density at radius 1 is 1.37 bits per heavy atom. The van der Waals surface area contributed by atoms with Crippen LogP contribution in [-0.4, -0.2) is 22.9 Å². The van der Waals surface area contributed by atoms with Gasteiger partial charge in [0.15, 0.2) is 0 Å². The summed E-state index contributed by atoms with van der Waals surface area (Å²) in [6.07, 6.45) is 2.63. The van der Waals surface area contributed by atoms with E-state index in [1.807, 2.05) is 6.07 Å². The summed E-state index contributed by atoms with van der Waals surface area (Å²) in [5.74, 6) is -0.320. The second-order valence-electron chi connectivity index (χ2n) is 3.75. The van der Waals surface area contributed by atoms with Crippen LogP contribution in [0.25, 0.3) is 0 Å². The fourth-order valence-electron chi connectivity index (χ4n) is 1.50. The van der Waals surface area contributed by atoms with Crippen molar-refractivity contribution in [1.29, 1.82) is 5.26 Å². The number of halogens is 1. The van der Waals surface area contributed by atoms with Gasteiger partial charge in [0.05, 0.1) is 24.0 Å². The highest BCUT2D eigenvalue weighted by Gasteiger charge is 2.15. The SMILES string of the molecule is CN(C(=O)c1cnc(Cl)cn1)c1cccc(C#N)c1. The Morgan fingerprint density at radius 3 is 2.79 bits per heavy atom.